The largest absolute Gasteiger partial charge is 0.497 e. The molecule has 1 saturated heterocycles. The number of anilines is 1. The van der Waals surface area contributed by atoms with E-state index in [1.165, 1.54) is 0 Å². The Labute approximate surface area is 220 Å². The van der Waals surface area contributed by atoms with E-state index in [1.54, 1.807) is 18.9 Å². The Morgan fingerprint density at radius 2 is 2.08 bits per heavy atom. The summed E-state index contributed by atoms with van der Waals surface area (Å²) in [7, 11) is 1.66. The average Bonchev–Trinajstić information content (AvgIpc) is 3.55. The molecule has 0 spiro atoms. The topological polar surface area (TPSA) is 126 Å². The number of aliphatic hydroxyl groups excluding tert-OH is 1. The van der Waals surface area contributed by atoms with Crippen molar-refractivity contribution in [1.29, 1.82) is 0 Å². The van der Waals surface area contributed by atoms with Crippen LogP contribution < -0.4 is 10.1 Å². The van der Waals surface area contributed by atoms with Crippen LogP contribution in [0.25, 0.3) is 11.2 Å². The Morgan fingerprint density at radius 1 is 1.24 bits per heavy atom. The second kappa shape index (κ2) is 11.1. The van der Waals surface area contributed by atoms with Gasteiger partial charge in [0.05, 0.1) is 32.5 Å². The summed E-state index contributed by atoms with van der Waals surface area (Å²) in [6, 6.07) is 7.70. The van der Waals surface area contributed by atoms with Crippen LogP contribution >= 0.6 is 11.8 Å². The predicted molar refractivity (Wildman–Crippen MR) is 139 cm³/mol. The summed E-state index contributed by atoms with van der Waals surface area (Å²) in [6.45, 7) is 6.65. The fourth-order valence-corrected chi connectivity index (χ4v) is 5.59. The van der Waals surface area contributed by atoms with Gasteiger partial charge in [-0.2, -0.15) is 0 Å². The first-order chi connectivity index (χ1) is 17.9. The molecule has 3 heterocycles. The number of aromatic nitrogens is 5. The summed E-state index contributed by atoms with van der Waals surface area (Å²) >= 11 is 1.60. The first-order valence-electron chi connectivity index (χ1n) is 12.6. The van der Waals surface area contributed by atoms with E-state index < -0.39 is 5.79 Å². The molecule has 0 radical (unpaired) electrons. The van der Waals surface area contributed by atoms with Crippen LogP contribution in [-0.4, -0.2) is 80.2 Å². The number of ether oxygens (including phenoxy) is 4. The molecular weight excluding hydrogens is 496 g/mol. The molecule has 2 aromatic heterocycles. The van der Waals surface area contributed by atoms with Crippen LogP contribution in [0, 0.1) is 0 Å². The highest BCUT2D eigenvalue weighted by Gasteiger charge is 2.56. The van der Waals surface area contributed by atoms with Crippen LogP contribution in [-0.2, 0) is 20.8 Å². The second-order valence-electron chi connectivity index (χ2n) is 9.62. The molecule has 1 aromatic carbocycles. The van der Waals surface area contributed by atoms with E-state index in [9.17, 15) is 5.11 Å². The fraction of sp³-hybridized carbons (Fsp3) is 0.600. The van der Waals surface area contributed by atoms with Crippen LogP contribution in [0.4, 0.5) is 5.82 Å². The molecule has 5 rings (SSSR count). The maximum atomic E-state index is 9.30. The highest BCUT2D eigenvalue weighted by atomic mass is 32.2. The second-order valence-corrected chi connectivity index (χ2v) is 10.7. The summed E-state index contributed by atoms with van der Waals surface area (Å²) in [5.74, 6) is 1.59. The van der Waals surface area contributed by atoms with Gasteiger partial charge in [0, 0.05) is 18.7 Å². The molecule has 2 fully saturated rings. The van der Waals surface area contributed by atoms with Crippen molar-refractivity contribution < 1.29 is 24.1 Å². The third-order valence-electron chi connectivity index (χ3n) is 6.45. The molecule has 200 valence electrons. The van der Waals surface area contributed by atoms with E-state index >= 15 is 0 Å². The molecule has 2 N–H and O–H groups in total. The number of thioether (sulfide) groups is 1. The number of nitrogens with one attached hydrogen (secondary N) is 1. The average molecular weight is 531 g/mol. The van der Waals surface area contributed by atoms with Crippen molar-refractivity contribution in [3.63, 3.8) is 0 Å². The molecule has 0 bridgehead atoms. The lowest BCUT2D eigenvalue weighted by molar-refractivity contribution is -0.171. The highest BCUT2D eigenvalue weighted by Crippen LogP contribution is 2.45. The van der Waals surface area contributed by atoms with Crippen molar-refractivity contribution in [2.75, 3.05) is 31.4 Å². The van der Waals surface area contributed by atoms with Crippen molar-refractivity contribution in [3.05, 3.63) is 29.8 Å². The van der Waals surface area contributed by atoms with Crippen molar-refractivity contribution in [3.8, 4) is 5.75 Å². The van der Waals surface area contributed by atoms with Crippen LogP contribution in [0.3, 0.4) is 0 Å². The number of rotatable bonds is 11. The Morgan fingerprint density at radius 3 is 2.86 bits per heavy atom. The summed E-state index contributed by atoms with van der Waals surface area (Å²) in [6.07, 6.45) is 0.834. The van der Waals surface area contributed by atoms with Crippen LogP contribution in [0.1, 0.15) is 45.2 Å². The zero-order valence-electron chi connectivity index (χ0n) is 21.6. The molecule has 4 atom stereocenters. The van der Waals surface area contributed by atoms with Crippen molar-refractivity contribution in [1.82, 2.24) is 25.0 Å². The Kier molecular flexibility index (Phi) is 7.82. The monoisotopic (exact) mass is 530 g/mol. The molecule has 1 saturated carbocycles. The summed E-state index contributed by atoms with van der Waals surface area (Å²) in [5, 5.41) is 22.4. The quantitative estimate of drug-likeness (QED) is 0.280. The molecule has 12 heteroatoms. The summed E-state index contributed by atoms with van der Waals surface area (Å²) < 4.78 is 25.6. The standard InChI is InChI=1S/C25H34N6O5S/c1-5-11-37-24-27-22(26-14-15-7-6-8-16(12-15)33-4)19-23(28-24)31(30-29-19)17-13-18(34-10-9-32)21-20(17)35-25(2,3)36-21/h6-8,12,17-18,20-21,32H,5,9-11,13-14H2,1-4H3,(H,26,27,28)/t17-,18+,20?,21?/m0/s1. The van der Waals surface area contributed by atoms with E-state index in [1.807, 2.05) is 42.8 Å². The van der Waals surface area contributed by atoms with Gasteiger partial charge in [0.25, 0.3) is 0 Å². The highest BCUT2D eigenvalue weighted by molar-refractivity contribution is 7.99. The van der Waals surface area contributed by atoms with E-state index in [0.717, 1.165) is 23.5 Å². The Bertz CT molecular complexity index is 1220. The van der Waals surface area contributed by atoms with Crippen LogP contribution in [0.15, 0.2) is 29.4 Å². The van der Waals surface area contributed by atoms with E-state index in [-0.39, 0.29) is 37.6 Å². The minimum atomic E-state index is -0.744. The van der Waals surface area contributed by atoms with Gasteiger partial charge in [0.2, 0.25) is 0 Å². The molecule has 1 aliphatic carbocycles. The number of nitrogens with zero attached hydrogens (tertiary/aromatic N) is 5. The van der Waals surface area contributed by atoms with E-state index in [0.29, 0.717) is 35.1 Å². The lowest BCUT2D eigenvalue weighted by Gasteiger charge is -2.23. The van der Waals surface area contributed by atoms with Gasteiger partial charge in [-0.15, -0.1) is 5.10 Å². The molecule has 2 aliphatic rings. The molecule has 0 amide bonds. The minimum Gasteiger partial charge on any atom is -0.497 e. The number of hydrogen-bond acceptors (Lipinski definition) is 11. The zero-order chi connectivity index (χ0) is 26.0. The van der Waals surface area contributed by atoms with Gasteiger partial charge in [-0.3, -0.25) is 0 Å². The molecule has 1 aliphatic heterocycles. The van der Waals surface area contributed by atoms with Crippen LogP contribution in [0.2, 0.25) is 0 Å². The third-order valence-corrected chi connectivity index (χ3v) is 7.51. The van der Waals surface area contributed by atoms with Crippen molar-refractivity contribution in [2.24, 2.45) is 0 Å². The van der Waals surface area contributed by atoms with Crippen molar-refractivity contribution in [2.45, 2.75) is 75.5 Å². The van der Waals surface area contributed by atoms with E-state index in [4.69, 9.17) is 28.9 Å². The van der Waals surface area contributed by atoms with Gasteiger partial charge < -0.3 is 29.4 Å². The zero-order valence-corrected chi connectivity index (χ0v) is 22.4. The lowest BCUT2D eigenvalue weighted by atomic mass is 10.2. The molecule has 11 nitrogen and oxygen atoms in total. The van der Waals surface area contributed by atoms with Crippen LogP contribution in [0.5, 0.6) is 5.75 Å². The summed E-state index contributed by atoms with van der Waals surface area (Å²) in [4.78, 5) is 9.62. The predicted octanol–water partition coefficient (Wildman–Crippen LogP) is 3.19. The number of methoxy groups -OCH3 is 1. The first-order valence-corrected chi connectivity index (χ1v) is 13.6. The fourth-order valence-electron chi connectivity index (χ4n) is 4.90. The molecule has 2 unspecified atom stereocenters. The maximum Gasteiger partial charge on any atom is 0.191 e. The van der Waals surface area contributed by atoms with Gasteiger partial charge in [0.1, 0.15) is 18.0 Å². The number of hydrogen-bond donors (Lipinski definition) is 2. The Balaban J connectivity index is 1.48. The van der Waals surface area contributed by atoms with Crippen molar-refractivity contribution >= 4 is 28.7 Å². The number of fused-ring (bicyclic) bond motifs is 2. The van der Waals surface area contributed by atoms with Gasteiger partial charge >= 0.3 is 0 Å². The van der Waals surface area contributed by atoms with Gasteiger partial charge in [0.15, 0.2) is 27.9 Å². The van der Waals surface area contributed by atoms with Gasteiger partial charge in [-0.05, 0) is 38.0 Å². The molecule has 3 aromatic rings. The smallest absolute Gasteiger partial charge is 0.191 e. The number of benzene rings is 1. The maximum absolute atomic E-state index is 9.30. The first kappa shape index (κ1) is 26.1. The third kappa shape index (κ3) is 5.53. The number of aliphatic hydroxyl groups is 1. The van der Waals surface area contributed by atoms with E-state index in [2.05, 4.69) is 22.6 Å². The van der Waals surface area contributed by atoms with Gasteiger partial charge in [-0.1, -0.05) is 36.0 Å². The molecular formula is C25H34N6O5S. The molecule has 37 heavy (non-hydrogen) atoms. The minimum absolute atomic E-state index is 0.0530. The normalized spacial score (nSPS) is 24.5. The Hall–Kier alpha value is -2.51. The summed E-state index contributed by atoms with van der Waals surface area (Å²) in [5.41, 5.74) is 2.29. The lowest BCUT2D eigenvalue weighted by Crippen LogP contribution is -2.31. The SMILES string of the molecule is CCCSc1nc(NCc2cccc(OC)c2)c2nnn([C@H]3C[C@@H](OCCO)C4OC(C)(C)OC43)c2n1. The van der Waals surface area contributed by atoms with Gasteiger partial charge in [-0.25, -0.2) is 14.6 Å².